The maximum Gasteiger partial charge on any atom is 0.128 e. The molecule has 1 aromatic heterocycles. The lowest BCUT2D eigenvalue weighted by Crippen LogP contribution is -2.41. The first-order valence-corrected chi connectivity index (χ1v) is 9.38. The van der Waals surface area contributed by atoms with Crippen LogP contribution in [0.2, 0.25) is 0 Å². The van der Waals surface area contributed by atoms with E-state index in [2.05, 4.69) is 46.4 Å². The molecule has 1 saturated heterocycles. The number of morpholine rings is 1. The van der Waals surface area contributed by atoms with Crippen LogP contribution in [0.5, 0.6) is 5.75 Å². The third-order valence-electron chi connectivity index (χ3n) is 4.33. The van der Waals surface area contributed by atoms with Crippen molar-refractivity contribution in [3.63, 3.8) is 0 Å². The summed E-state index contributed by atoms with van der Waals surface area (Å²) in [7, 11) is 0. The van der Waals surface area contributed by atoms with Gasteiger partial charge in [0, 0.05) is 32.4 Å². The fraction of sp³-hybridized carbons (Fsp3) is 0.476. The zero-order chi connectivity index (χ0) is 18.4. The molecule has 1 atom stereocenters. The van der Waals surface area contributed by atoms with E-state index in [0.29, 0.717) is 0 Å². The zero-order valence-corrected chi connectivity index (χ0v) is 15.9. The Morgan fingerprint density at radius 3 is 2.54 bits per heavy atom. The molecule has 0 amide bonds. The summed E-state index contributed by atoms with van der Waals surface area (Å²) in [6, 6.07) is 12.5. The van der Waals surface area contributed by atoms with Crippen molar-refractivity contribution < 1.29 is 9.47 Å². The lowest BCUT2D eigenvalue weighted by Gasteiger charge is -2.32. The minimum Gasteiger partial charge on any atom is -0.491 e. The Balaban J connectivity index is 1.46. The minimum atomic E-state index is 0.204. The second kappa shape index (κ2) is 9.01. The predicted octanol–water partition coefficient (Wildman–Crippen LogP) is 3.38. The Bertz CT molecular complexity index is 671. The van der Waals surface area contributed by atoms with Crippen LogP contribution in [0.25, 0.3) is 0 Å². The maximum absolute atomic E-state index is 5.67. The van der Waals surface area contributed by atoms with Gasteiger partial charge in [-0.05, 0) is 50.1 Å². The number of nitrogens with zero attached hydrogens (tertiary/aromatic N) is 2. The summed E-state index contributed by atoms with van der Waals surface area (Å²) in [4.78, 5) is 6.90. The first-order valence-electron chi connectivity index (χ1n) is 9.38. The predicted molar refractivity (Wildman–Crippen MR) is 105 cm³/mol. The molecule has 2 heterocycles. The number of benzene rings is 1. The molecule has 1 aliphatic heterocycles. The summed E-state index contributed by atoms with van der Waals surface area (Å²) in [5.41, 5.74) is 2.43. The highest BCUT2D eigenvalue weighted by atomic mass is 16.5. The van der Waals surface area contributed by atoms with Crippen molar-refractivity contribution >= 4 is 5.82 Å². The molecule has 26 heavy (non-hydrogen) atoms. The van der Waals surface area contributed by atoms with Gasteiger partial charge in [-0.25, -0.2) is 4.98 Å². The van der Waals surface area contributed by atoms with Crippen LogP contribution in [-0.2, 0) is 17.8 Å². The molecule has 1 fully saturated rings. The molecule has 2 aromatic rings. The van der Waals surface area contributed by atoms with Gasteiger partial charge in [0.15, 0.2) is 0 Å². The molecule has 1 N–H and O–H groups in total. The Hall–Kier alpha value is -2.11. The van der Waals surface area contributed by atoms with Crippen LogP contribution in [0.15, 0.2) is 42.6 Å². The van der Waals surface area contributed by atoms with Crippen LogP contribution in [-0.4, -0.2) is 36.9 Å². The first-order chi connectivity index (χ1) is 12.6. The number of ether oxygens (including phenoxy) is 2. The third kappa shape index (κ3) is 5.44. The van der Waals surface area contributed by atoms with E-state index in [-0.39, 0.29) is 12.2 Å². The third-order valence-corrected chi connectivity index (χ3v) is 4.33. The molecule has 0 bridgehead atoms. The number of pyridine rings is 1. The Morgan fingerprint density at radius 2 is 1.88 bits per heavy atom. The normalized spacial score (nSPS) is 17.5. The van der Waals surface area contributed by atoms with E-state index < -0.39 is 0 Å². The van der Waals surface area contributed by atoms with E-state index in [1.165, 1.54) is 11.1 Å². The van der Waals surface area contributed by atoms with Crippen LogP contribution >= 0.6 is 0 Å². The smallest absolute Gasteiger partial charge is 0.128 e. The minimum absolute atomic E-state index is 0.204. The molecule has 0 spiro atoms. The van der Waals surface area contributed by atoms with Crippen LogP contribution in [0.1, 0.15) is 31.9 Å². The van der Waals surface area contributed by atoms with E-state index in [0.717, 1.165) is 44.4 Å². The van der Waals surface area contributed by atoms with Gasteiger partial charge in [0.25, 0.3) is 0 Å². The molecule has 1 aliphatic rings. The van der Waals surface area contributed by atoms with Gasteiger partial charge in [-0.3, -0.25) is 0 Å². The van der Waals surface area contributed by atoms with Crippen molar-refractivity contribution in [1.82, 2.24) is 10.3 Å². The van der Waals surface area contributed by atoms with Crippen molar-refractivity contribution in [3.8, 4) is 5.75 Å². The van der Waals surface area contributed by atoms with Gasteiger partial charge in [0.1, 0.15) is 11.6 Å². The molecule has 5 heteroatoms. The van der Waals surface area contributed by atoms with Gasteiger partial charge in [-0.1, -0.05) is 18.2 Å². The standard InChI is InChI=1S/C21H29N3O2/c1-16(2)26-20-7-4-18(5-8-20)12-22-13-19-6-9-21(23-14-19)24-10-11-25-17(3)15-24/h4-9,14,16-17,22H,10-13,15H2,1-3H3. The number of aromatic nitrogens is 1. The van der Waals surface area contributed by atoms with Crippen molar-refractivity contribution in [2.24, 2.45) is 0 Å². The van der Waals surface area contributed by atoms with Crippen LogP contribution in [0.3, 0.4) is 0 Å². The number of hydrogen-bond acceptors (Lipinski definition) is 5. The molecule has 0 saturated carbocycles. The lowest BCUT2D eigenvalue weighted by atomic mass is 10.2. The van der Waals surface area contributed by atoms with E-state index in [1.807, 2.05) is 32.2 Å². The molecule has 1 aromatic carbocycles. The van der Waals surface area contributed by atoms with Crippen molar-refractivity contribution in [2.45, 2.75) is 46.1 Å². The maximum atomic E-state index is 5.67. The average molecular weight is 355 g/mol. The fourth-order valence-electron chi connectivity index (χ4n) is 3.04. The number of rotatable bonds is 7. The molecular formula is C21H29N3O2. The Labute approximate surface area is 156 Å². The fourth-order valence-corrected chi connectivity index (χ4v) is 3.04. The van der Waals surface area contributed by atoms with E-state index in [1.54, 1.807) is 0 Å². The molecule has 5 nitrogen and oxygen atoms in total. The number of nitrogens with one attached hydrogen (secondary N) is 1. The van der Waals surface area contributed by atoms with Crippen molar-refractivity contribution in [1.29, 1.82) is 0 Å². The zero-order valence-electron chi connectivity index (χ0n) is 15.9. The van der Waals surface area contributed by atoms with Gasteiger partial charge in [-0.2, -0.15) is 0 Å². The van der Waals surface area contributed by atoms with Gasteiger partial charge in [0.05, 0.1) is 18.8 Å². The van der Waals surface area contributed by atoms with Gasteiger partial charge in [0.2, 0.25) is 0 Å². The molecule has 0 radical (unpaired) electrons. The molecular weight excluding hydrogens is 326 g/mol. The van der Waals surface area contributed by atoms with Crippen LogP contribution in [0.4, 0.5) is 5.82 Å². The lowest BCUT2D eigenvalue weighted by molar-refractivity contribution is 0.0529. The SMILES string of the molecule is CC(C)Oc1ccc(CNCc2ccc(N3CCOC(C)C3)nc2)cc1. The highest BCUT2D eigenvalue weighted by Crippen LogP contribution is 2.16. The van der Waals surface area contributed by atoms with Gasteiger partial charge in [-0.15, -0.1) is 0 Å². The first kappa shape index (κ1) is 18.7. The highest BCUT2D eigenvalue weighted by molar-refractivity contribution is 5.40. The van der Waals surface area contributed by atoms with E-state index in [4.69, 9.17) is 9.47 Å². The van der Waals surface area contributed by atoms with E-state index >= 15 is 0 Å². The summed E-state index contributed by atoms with van der Waals surface area (Å²) >= 11 is 0. The molecule has 3 rings (SSSR count). The second-order valence-electron chi connectivity index (χ2n) is 7.07. The highest BCUT2D eigenvalue weighted by Gasteiger charge is 2.17. The number of anilines is 1. The Morgan fingerprint density at radius 1 is 1.15 bits per heavy atom. The number of hydrogen-bond donors (Lipinski definition) is 1. The van der Waals surface area contributed by atoms with Crippen molar-refractivity contribution in [3.05, 3.63) is 53.7 Å². The largest absolute Gasteiger partial charge is 0.491 e. The van der Waals surface area contributed by atoms with Crippen LogP contribution < -0.4 is 15.0 Å². The summed E-state index contributed by atoms with van der Waals surface area (Å²) in [6.07, 6.45) is 2.43. The summed E-state index contributed by atoms with van der Waals surface area (Å²) < 4.78 is 11.3. The summed E-state index contributed by atoms with van der Waals surface area (Å²) in [5, 5.41) is 3.47. The molecule has 0 aliphatic carbocycles. The second-order valence-corrected chi connectivity index (χ2v) is 7.07. The monoisotopic (exact) mass is 355 g/mol. The van der Waals surface area contributed by atoms with Gasteiger partial charge >= 0.3 is 0 Å². The van der Waals surface area contributed by atoms with Crippen molar-refractivity contribution in [2.75, 3.05) is 24.6 Å². The summed E-state index contributed by atoms with van der Waals surface area (Å²) in [6.45, 7) is 10.4. The molecule has 140 valence electrons. The quantitative estimate of drug-likeness (QED) is 0.825. The van der Waals surface area contributed by atoms with Crippen LogP contribution in [0, 0.1) is 0 Å². The topological polar surface area (TPSA) is 46.6 Å². The molecule has 1 unspecified atom stereocenters. The Kier molecular flexibility index (Phi) is 6.47. The van der Waals surface area contributed by atoms with Gasteiger partial charge < -0.3 is 19.7 Å². The van der Waals surface area contributed by atoms with E-state index in [9.17, 15) is 0 Å². The summed E-state index contributed by atoms with van der Waals surface area (Å²) in [5.74, 6) is 1.95. The average Bonchev–Trinajstić information content (AvgIpc) is 2.63.